The van der Waals surface area contributed by atoms with E-state index in [1.54, 1.807) is 6.20 Å². The van der Waals surface area contributed by atoms with E-state index in [-0.39, 0.29) is 0 Å². The van der Waals surface area contributed by atoms with Gasteiger partial charge in [0.15, 0.2) is 5.65 Å². The van der Waals surface area contributed by atoms with Crippen LogP contribution in [-0.4, -0.2) is 28.0 Å². The van der Waals surface area contributed by atoms with E-state index >= 15 is 0 Å². The van der Waals surface area contributed by atoms with Gasteiger partial charge >= 0.3 is 0 Å². The van der Waals surface area contributed by atoms with Crippen molar-refractivity contribution in [1.29, 1.82) is 0 Å². The summed E-state index contributed by atoms with van der Waals surface area (Å²) in [6, 6.07) is 3.98. The largest absolute Gasteiger partial charge is 0.341 e. The first-order chi connectivity index (χ1) is 8.83. The van der Waals surface area contributed by atoms with Crippen molar-refractivity contribution in [2.75, 3.05) is 13.1 Å². The zero-order valence-corrected chi connectivity index (χ0v) is 10.8. The molecule has 0 spiro atoms. The summed E-state index contributed by atoms with van der Waals surface area (Å²) in [7, 11) is 0. The van der Waals surface area contributed by atoms with Crippen molar-refractivity contribution in [2.24, 2.45) is 11.8 Å². The summed E-state index contributed by atoms with van der Waals surface area (Å²) in [5.74, 6) is 2.51. The average Bonchev–Trinajstić information content (AvgIpc) is 2.82. The lowest BCUT2D eigenvalue weighted by Crippen LogP contribution is -2.34. The normalized spacial score (nSPS) is 22.2. The highest BCUT2D eigenvalue weighted by atomic mass is 15.0. The second kappa shape index (κ2) is 5.06. The Labute approximate surface area is 107 Å². The first-order valence-electron chi connectivity index (χ1n) is 6.83. The fourth-order valence-corrected chi connectivity index (χ4v) is 2.83. The number of nitrogens with one attached hydrogen (secondary N) is 2. The molecule has 2 aromatic rings. The third-order valence-electron chi connectivity index (χ3n) is 3.96. The van der Waals surface area contributed by atoms with E-state index in [1.807, 2.05) is 12.1 Å². The topological polar surface area (TPSA) is 53.6 Å². The van der Waals surface area contributed by atoms with Gasteiger partial charge in [-0.1, -0.05) is 6.92 Å². The van der Waals surface area contributed by atoms with Gasteiger partial charge in [0.1, 0.15) is 5.82 Å². The van der Waals surface area contributed by atoms with Gasteiger partial charge in [-0.25, -0.2) is 9.97 Å². The molecular formula is C14H20N4. The van der Waals surface area contributed by atoms with Gasteiger partial charge in [0.05, 0.1) is 5.52 Å². The average molecular weight is 244 g/mol. The Hall–Kier alpha value is -1.42. The minimum absolute atomic E-state index is 0.665. The SMILES string of the molecule is CC(Cc1nc2ncccc2[nH]1)C1CCCNC1. The lowest BCUT2D eigenvalue weighted by Gasteiger charge is -2.27. The highest BCUT2D eigenvalue weighted by Crippen LogP contribution is 2.23. The summed E-state index contributed by atoms with van der Waals surface area (Å²) < 4.78 is 0. The van der Waals surface area contributed by atoms with Gasteiger partial charge in [0.25, 0.3) is 0 Å². The Bertz CT molecular complexity index is 480. The molecule has 0 saturated carbocycles. The molecule has 1 saturated heterocycles. The number of imidazole rings is 1. The number of aromatic nitrogens is 3. The van der Waals surface area contributed by atoms with E-state index in [1.165, 1.54) is 19.4 Å². The van der Waals surface area contributed by atoms with Gasteiger partial charge in [-0.3, -0.25) is 0 Å². The minimum atomic E-state index is 0.665. The second-order valence-corrected chi connectivity index (χ2v) is 5.35. The quantitative estimate of drug-likeness (QED) is 0.869. The molecule has 18 heavy (non-hydrogen) atoms. The molecule has 4 nitrogen and oxygen atoms in total. The van der Waals surface area contributed by atoms with Crippen LogP contribution in [0, 0.1) is 11.8 Å². The van der Waals surface area contributed by atoms with Crippen LogP contribution in [0.2, 0.25) is 0 Å². The van der Waals surface area contributed by atoms with Crippen molar-refractivity contribution in [3.05, 3.63) is 24.2 Å². The molecule has 2 aromatic heterocycles. The molecule has 0 bridgehead atoms. The maximum absolute atomic E-state index is 4.56. The van der Waals surface area contributed by atoms with Crippen LogP contribution in [0.25, 0.3) is 11.2 Å². The monoisotopic (exact) mass is 244 g/mol. The van der Waals surface area contributed by atoms with Gasteiger partial charge in [-0.05, 0) is 49.9 Å². The molecule has 0 aromatic carbocycles. The van der Waals surface area contributed by atoms with Crippen molar-refractivity contribution in [2.45, 2.75) is 26.2 Å². The third kappa shape index (κ3) is 2.38. The molecule has 3 rings (SSSR count). The predicted molar refractivity (Wildman–Crippen MR) is 72.4 cm³/mol. The summed E-state index contributed by atoms with van der Waals surface area (Å²) in [5.41, 5.74) is 1.88. The third-order valence-corrected chi connectivity index (χ3v) is 3.96. The lowest BCUT2D eigenvalue weighted by molar-refractivity contribution is 0.276. The Morgan fingerprint density at radius 3 is 3.22 bits per heavy atom. The summed E-state index contributed by atoms with van der Waals surface area (Å²) in [6.07, 6.45) is 5.45. The maximum atomic E-state index is 4.56. The van der Waals surface area contributed by atoms with Crippen molar-refractivity contribution in [3.63, 3.8) is 0 Å². The highest BCUT2D eigenvalue weighted by molar-refractivity contribution is 5.69. The number of H-pyrrole nitrogens is 1. The molecule has 3 heterocycles. The molecule has 2 N–H and O–H groups in total. The summed E-state index contributed by atoms with van der Waals surface area (Å²) >= 11 is 0. The zero-order valence-electron chi connectivity index (χ0n) is 10.8. The van der Waals surface area contributed by atoms with Gasteiger partial charge in [0.2, 0.25) is 0 Å². The van der Waals surface area contributed by atoms with Crippen LogP contribution in [0.3, 0.4) is 0 Å². The molecule has 0 radical (unpaired) electrons. The molecule has 4 heteroatoms. The molecule has 0 amide bonds. The van der Waals surface area contributed by atoms with Gasteiger partial charge in [0, 0.05) is 12.6 Å². The van der Waals surface area contributed by atoms with E-state index in [0.29, 0.717) is 5.92 Å². The Morgan fingerprint density at radius 1 is 1.50 bits per heavy atom. The van der Waals surface area contributed by atoms with Gasteiger partial charge < -0.3 is 10.3 Å². The van der Waals surface area contributed by atoms with Crippen molar-refractivity contribution in [3.8, 4) is 0 Å². The van der Waals surface area contributed by atoms with Crippen LogP contribution in [0.1, 0.15) is 25.6 Å². The van der Waals surface area contributed by atoms with Gasteiger partial charge in [-0.2, -0.15) is 0 Å². The standard InChI is InChI=1S/C14H20N4/c1-10(11-4-2-6-15-9-11)8-13-17-12-5-3-7-16-14(12)18-13/h3,5,7,10-11,15H,2,4,6,8-9H2,1H3,(H,16,17,18). The molecule has 0 aliphatic carbocycles. The lowest BCUT2D eigenvalue weighted by atomic mass is 9.85. The number of piperidine rings is 1. The minimum Gasteiger partial charge on any atom is -0.341 e. The fourth-order valence-electron chi connectivity index (χ4n) is 2.83. The van der Waals surface area contributed by atoms with E-state index in [0.717, 1.165) is 35.9 Å². The van der Waals surface area contributed by atoms with Crippen molar-refractivity contribution >= 4 is 11.2 Å². The Morgan fingerprint density at radius 2 is 2.44 bits per heavy atom. The molecule has 1 fully saturated rings. The number of fused-ring (bicyclic) bond motifs is 1. The van der Waals surface area contributed by atoms with Crippen LogP contribution >= 0.6 is 0 Å². The number of hydrogen-bond donors (Lipinski definition) is 2. The number of nitrogens with zero attached hydrogens (tertiary/aromatic N) is 2. The molecule has 2 unspecified atom stereocenters. The highest BCUT2D eigenvalue weighted by Gasteiger charge is 2.21. The van der Waals surface area contributed by atoms with Crippen LogP contribution in [0.15, 0.2) is 18.3 Å². The smallest absolute Gasteiger partial charge is 0.177 e. The van der Waals surface area contributed by atoms with Crippen molar-refractivity contribution < 1.29 is 0 Å². The summed E-state index contributed by atoms with van der Waals surface area (Å²) in [6.45, 7) is 4.66. The number of aromatic amines is 1. The van der Waals surface area contributed by atoms with E-state index in [2.05, 4.69) is 27.2 Å². The maximum Gasteiger partial charge on any atom is 0.177 e. The summed E-state index contributed by atoms with van der Waals surface area (Å²) in [4.78, 5) is 12.2. The van der Waals surface area contributed by atoms with E-state index < -0.39 is 0 Å². The fraction of sp³-hybridized carbons (Fsp3) is 0.571. The molecule has 1 aliphatic heterocycles. The second-order valence-electron chi connectivity index (χ2n) is 5.35. The first-order valence-corrected chi connectivity index (χ1v) is 6.83. The Kier molecular flexibility index (Phi) is 3.28. The van der Waals surface area contributed by atoms with E-state index in [9.17, 15) is 0 Å². The van der Waals surface area contributed by atoms with Gasteiger partial charge in [-0.15, -0.1) is 0 Å². The molecule has 96 valence electrons. The number of hydrogen-bond acceptors (Lipinski definition) is 3. The molecular weight excluding hydrogens is 224 g/mol. The Balaban J connectivity index is 1.71. The zero-order chi connectivity index (χ0) is 12.4. The molecule has 1 aliphatic rings. The van der Waals surface area contributed by atoms with E-state index in [4.69, 9.17) is 0 Å². The summed E-state index contributed by atoms with van der Waals surface area (Å²) in [5, 5.41) is 3.49. The molecule has 2 atom stereocenters. The first kappa shape index (κ1) is 11.7. The predicted octanol–water partition coefficient (Wildman–Crippen LogP) is 2.14. The number of rotatable bonds is 3. The van der Waals surface area contributed by atoms with Crippen LogP contribution in [-0.2, 0) is 6.42 Å². The van der Waals surface area contributed by atoms with Crippen LogP contribution in [0.5, 0.6) is 0 Å². The van der Waals surface area contributed by atoms with Crippen molar-refractivity contribution in [1.82, 2.24) is 20.3 Å². The van der Waals surface area contributed by atoms with Crippen LogP contribution in [0.4, 0.5) is 0 Å². The van der Waals surface area contributed by atoms with Crippen LogP contribution < -0.4 is 5.32 Å². The number of pyridine rings is 1.